The van der Waals surface area contributed by atoms with E-state index in [1.807, 2.05) is 22.4 Å². The lowest BCUT2D eigenvalue weighted by atomic mass is 10.2. The Hall–Kier alpha value is -1.47. The first-order valence-corrected chi connectivity index (χ1v) is 9.47. The molecule has 1 aliphatic rings. The molecule has 2 heterocycles. The monoisotopic (exact) mass is 382 g/mol. The van der Waals surface area contributed by atoms with Crippen molar-refractivity contribution >= 4 is 34.5 Å². The maximum absolute atomic E-state index is 13.8. The van der Waals surface area contributed by atoms with E-state index in [1.165, 1.54) is 23.1 Å². The normalized spacial score (nSPS) is 17.2. The summed E-state index contributed by atoms with van der Waals surface area (Å²) in [6.45, 7) is 2.30. The Bertz CT molecular complexity index is 705. The zero-order valence-corrected chi connectivity index (χ0v) is 15.3. The van der Waals surface area contributed by atoms with Crippen LogP contribution in [0.15, 0.2) is 35.7 Å². The van der Waals surface area contributed by atoms with Gasteiger partial charge in [-0.3, -0.25) is 9.69 Å². The van der Waals surface area contributed by atoms with Gasteiger partial charge in [-0.15, -0.1) is 11.3 Å². The maximum Gasteiger partial charge on any atom is 0.238 e. The predicted octanol–water partition coefficient (Wildman–Crippen LogP) is 4.16. The van der Waals surface area contributed by atoms with E-state index in [9.17, 15) is 9.18 Å². The van der Waals surface area contributed by atoms with Crippen LogP contribution in [0.5, 0.6) is 0 Å². The number of rotatable bonds is 7. The average Bonchev–Trinajstić information content (AvgIpc) is 3.25. The summed E-state index contributed by atoms with van der Waals surface area (Å²) in [5, 5.41) is 5.00. The molecule has 1 amide bonds. The van der Waals surface area contributed by atoms with Gasteiger partial charge >= 0.3 is 0 Å². The number of thiophene rings is 1. The Labute approximate surface area is 155 Å². The number of hydrogen-bond acceptors (Lipinski definition) is 4. The molecule has 2 aromatic rings. The average molecular weight is 383 g/mol. The number of benzene rings is 1. The minimum absolute atomic E-state index is 0.102. The minimum Gasteiger partial charge on any atom is -0.377 e. The lowest BCUT2D eigenvalue weighted by Gasteiger charge is -2.24. The van der Waals surface area contributed by atoms with Crippen LogP contribution in [0.1, 0.15) is 17.7 Å². The molecule has 1 saturated heterocycles. The smallest absolute Gasteiger partial charge is 0.238 e. The highest BCUT2D eigenvalue weighted by Crippen LogP contribution is 2.20. The second-order valence-corrected chi connectivity index (χ2v) is 7.53. The van der Waals surface area contributed by atoms with Crippen LogP contribution in [0.2, 0.25) is 5.02 Å². The van der Waals surface area contributed by atoms with E-state index in [-0.39, 0.29) is 24.2 Å². The van der Waals surface area contributed by atoms with Gasteiger partial charge < -0.3 is 10.1 Å². The van der Waals surface area contributed by atoms with Gasteiger partial charge in [-0.2, -0.15) is 0 Å². The fourth-order valence-corrected chi connectivity index (χ4v) is 3.79. The minimum atomic E-state index is -0.498. The molecular formula is C18H20ClFN2O2S. The van der Waals surface area contributed by atoms with Gasteiger partial charge in [-0.1, -0.05) is 17.7 Å². The topological polar surface area (TPSA) is 41.6 Å². The van der Waals surface area contributed by atoms with Crippen LogP contribution in [-0.2, 0) is 16.1 Å². The summed E-state index contributed by atoms with van der Waals surface area (Å²) in [5.74, 6) is -0.766. The molecule has 0 aliphatic carbocycles. The number of hydrogen-bond donors (Lipinski definition) is 1. The van der Waals surface area contributed by atoms with E-state index < -0.39 is 5.82 Å². The Balaban J connectivity index is 1.63. The van der Waals surface area contributed by atoms with Crippen LogP contribution in [0.3, 0.4) is 0 Å². The van der Waals surface area contributed by atoms with Crippen molar-refractivity contribution < 1.29 is 13.9 Å². The van der Waals surface area contributed by atoms with E-state index >= 15 is 0 Å². The van der Waals surface area contributed by atoms with Crippen molar-refractivity contribution in [3.8, 4) is 0 Å². The molecule has 0 bridgehead atoms. The van der Waals surface area contributed by atoms with Crippen molar-refractivity contribution in [3.63, 3.8) is 0 Å². The molecule has 1 fully saturated rings. The molecule has 1 aliphatic heterocycles. The van der Waals surface area contributed by atoms with Gasteiger partial charge in [0, 0.05) is 29.6 Å². The molecule has 1 N–H and O–H groups in total. The number of ether oxygens (including phenoxy) is 1. The number of anilines is 1. The van der Waals surface area contributed by atoms with Gasteiger partial charge in [-0.05, 0) is 42.5 Å². The second kappa shape index (κ2) is 8.76. The van der Waals surface area contributed by atoms with Crippen LogP contribution in [0.4, 0.5) is 10.1 Å². The first-order chi connectivity index (χ1) is 12.1. The van der Waals surface area contributed by atoms with Crippen molar-refractivity contribution in [1.82, 2.24) is 4.90 Å². The Kier molecular flexibility index (Phi) is 6.42. The molecule has 7 heteroatoms. The van der Waals surface area contributed by atoms with Crippen LogP contribution < -0.4 is 5.32 Å². The van der Waals surface area contributed by atoms with Gasteiger partial charge in [0.25, 0.3) is 0 Å². The molecule has 1 aromatic heterocycles. The number of carbonyl (C=O) groups is 1. The van der Waals surface area contributed by atoms with Gasteiger partial charge in [0.1, 0.15) is 5.82 Å². The second-order valence-electron chi connectivity index (χ2n) is 6.06. The number of nitrogens with zero attached hydrogens (tertiary/aromatic N) is 1. The van der Waals surface area contributed by atoms with E-state index in [2.05, 4.69) is 5.32 Å². The van der Waals surface area contributed by atoms with Crippen molar-refractivity contribution in [3.05, 3.63) is 51.4 Å². The first-order valence-electron chi connectivity index (χ1n) is 8.21. The van der Waals surface area contributed by atoms with Crippen LogP contribution in [0.25, 0.3) is 0 Å². The van der Waals surface area contributed by atoms with Crippen LogP contribution in [0, 0.1) is 5.82 Å². The largest absolute Gasteiger partial charge is 0.377 e. The van der Waals surface area contributed by atoms with Gasteiger partial charge in [-0.25, -0.2) is 4.39 Å². The number of amides is 1. The summed E-state index contributed by atoms with van der Waals surface area (Å²) in [7, 11) is 0. The van der Waals surface area contributed by atoms with Crippen molar-refractivity contribution in [2.24, 2.45) is 0 Å². The third kappa shape index (κ3) is 5.51. The summed E-state index contributed by atoms with van der Waals surface area (Å²) >= 11 is 7.52. The van der Waals surface area contributed by atoms with E-state index in [1.54, 1.807) is 11.3 Å². The van der Waals surface area contributed by atoms with Gasteiger partial charge in [0.2, 0.25) is 5.91 Å². The fraction of sp³-hybridized carbons (Fsp3) is 0.389. The molecule has 0 spiro atoms. The number of nitrogens with one attached hydrogen (secondary N) is 1. The molecule has 1 atom stereocenters. The SMILES string of the molecule is O=C(CN(Cc1cccs1)C[C@H]1CCCO1)Nc1cc(Cl)ccc1F. The summed E-state index contributed by atoms with van der Waals surface area (Å²) < 4.78 is 19.5. The summed E-state index contributed by atoms with van der Waals surface area (Å²) in [6, 6.07) is 8.15. The fourth-order valence-electron chi connectivity index (χ4n) is 2.87. The molecule has 1 aromatic carbocycles. The zero-order chi connectivity index (χ0) is 17.6. The first kappa shape index (κ1) is 18.3. The van der Waals surface area contributed by atoms with Gasteiger partial charge in [0.15, 0.2) is 0 Å². The molecule has 25 heavy (non-hydrogen) atoms. The third-order valence-corrected chi connectivity index (χ3v) is 5.11. The lowest BCUT2D eigenvalue weighted by molar-refractivity contribution is -0.117. The third-order valence-electron chi connectivity index (χ3n) is 4.02. The van der Waals surface area contributed by atoms with Crippen molar-refractivity contribution in [1.29, 1.82) is 0 Å². The quantitative estimate of drug-likeness (QED) is 0.781. The lowest BCUT2D eigenvalue weighted by Crippen LogP contribution is -2.37. The Morgan fingerprint density at radius 1 is 1.44 bits per heavy atom. The predicted molar refractivity (Wildman–Crippen MR) is 98.6 cm³/mol. The molecular weight excluding hydrogens is 363 g/mol. The van der Waals surface area contributed by atoms with Crippen LogP contribution in [-0.4, -0.2) is 36.6 Å². The molecule has 4 nitrogen and oxygen atoms in total. The van der Waals surface area contributed by atoms with Crippen molar-refractivity contribution in [2.45, 2.75) is 25.5 Å². The van der Waals surface area contributed by atoms with E-state index in [0.717, 1.165) is 19.4 Å². The standard InChI is InChI=1S/C18H20ClFN2O2S/c19-13-5-6-16(20)17(9-13)21-18(23)12-22(10-14-3-1-7-24-14)11-15-4-2-8-25-15/h2,4-6,8-9,14H,1,3,7,10-12H2,(H,21,23)/t14-/m1/s1. The summed E-state index contributed by atoms with van der Waals surface area (Å²) in [6.07, 6.45) is 2.21. The number of halogens is 2. The van der Waals surface area contributed by atoms with Gasteiger partial charge in [0.05, 0.1) is 18.3 Å². The highest BCUT2D eigenvalue weighted by atomic mass is 35.5. The molecule has 134 valence electrons. The highest BCUT2D eigenvalue weighted by Gasteiger charge is 2.21. The number of carbonyl (C=O) groups excluding carboxylic acids is 1. The van der Waals surface area contributed by atoms with E-state index in [4.69, 9.17) is 16.3 Å². The molecule has 0 saturated carbocycles. The van der Waals surface area contributed by atoms with E-state index in [0.29, 0.717) is 18.1 Å². The highest BCUT2D eigenvalue weighted by molar-refractivity contribution is 7.09. The Morgan fingerprint density at radius 3 is 3.04 bits per heavy atom. The summed E-state index contributed by atoms with van der Waals surface area (Å²) in [5.41, 5.74) is 0.102. The van der Waals surface area contributed by atoms with Crippen LogP contribution >= 0.6 is 22.9 Å². The van der Waals surface area contributed by atoms with Crippen molar-refractivity contribution in [2.75, 3.05) is 25.0 Å². The maximum atomic E-state index is 13.8. The Morgan fingerprint density at radius 2 is 2.32 bits per heavy atom. The molecule has 0 unspecified atom stereocenters. The summed E-state index contributed by atoms with van der Waals surface area (Å²) in [4.78, 5) is 15.6. The zero-order valence-electron chi connectivity index (χ0n) is 13.7. The molecule has 0 radical (unpaired) electrons. The molecule has 3 rings (SSSR count).